The summed E-state index contributed by atoms with van der Waals surface area (Å²) >= 11 is 5.83. The lowest BCUT2D eigenvalue weighted by Gasteiger charge is -2.08. The molecular formula is C9H13ClN2. The van der Waals surface area contributed by atoms with Gasteiger partial charge in [-0.25, -0.2) is 4.98 Å². The number of halogens is 1. The molecule has 0 aromatic carbocycles. The van der Waals surface area contributed by atoms with Crippen molar-refractivity contribution in [2.24, 2.45) is 5.92 Å². The van der Waals surface area contributed by atoms with E-state index in [1.165, 1.54) is 0 Å². The molecule has 0 fully saturated rings. The molecule has 1 aromatic heterocycles. The first-order valence-electron chi connectivity index (χ1n) is 4.04. The maximum atomic E-state index is 5.83. The lowest BCUT2D eigenvalue weighted by Crippen LogP contribution is -2.08. The van der Waals surface area contributed by atoms with Gasteiger partial charge in [0.1, 0.15) is 0 Å². The highest BCUT2D eigenvalue weighted by molar-refractivity contribution is 6.31. The van der Waals surface area contributed by atoms with Crippen molar-refractivity contribution in [1.82, 2.24) is 4.98 Å². The molecule has 3 heteroatoms. The van der Waals surface area contributed by atoms with Crippen LogP contribution >= 0.6 is 11.6 Å². The molecular weight excluding hydrogens is 172 g/mol. The SMILES string of the molecule is CC(C)CNc1cccnc1Cl. The second-order valence-corrected chi connectivity index (χ2v) is 3.47. The molecule has 0 saturated heterocycles. The van der Waals surface area contributed by atoms with E-state index in [0.717, 1.165) is 12.2 Å². The summed E-state index contributed by atoms with van der Waals surface area (Å²) in [6, 6.07) is 3.80. The van der Waals surface area contributed by atoms with E-state index in [-0.39, 0.29) is 0 Å². The van der Waals surface area contributed by atoms with Crippen molar-refractivity contribution < 1.29 is 0 Å². The number of hydrogen-bond acceptors (Lipinski definition) is 2. The Kier molecular flexibility index (Phi) is 3.35. The maximum Gasteiger partial charge on any atom is 0.152 e. The lowest BCUT2D eigenvalue weighted by atomic mass is 10.2. The summed E-state index contributed by atoms with van der Waals surface area (Å²) in [6.07, 6.45) is 1.68. The predicted octanol–water partition coefficient (Wildman–Crippen LogP) is 2.80. The zero-order valence-corrected chi connectivity index (χ0v) is 8.10. The minimum atomic E-state index is 0.540. The molecule has 66 valence electrons. The molecule has 0 aliphatic rings. The van der Waals surface area contributed by atoms with Gasteiger partial charge in [0.15, 0.2) is 5.15 Å². The Balaban J connectivity index is 2.57. The molecule has 0 unspecified atom stereocenters. The van der Waals surface area contributed by atoms with Crippen LogP contribution in [0.25, 0.3) is 0 Å². The molecule has 12 heavy (non-hydrogen) atoms. The third-order valence-electron chi connectivity index (χ3n) is 1.46. The number of anilines is 1. The van der Waals surface area contributed by atoms with Crippen LogP contribution in [-0.2, 0) is 0 Å². The second-order valence-electron chi connectivity index (χ2n) is 3.12. The van der Waals surface area contributed by atoms with Gasteiger partial charge in [-0.2, -0.15) is 0 Å². The van der Waals surface area contributed by atoms with Gasteiger partial charge in [0.05, 0.1) is 5.69 Å². The number of pyridine rings is 1. The van der Waals surface area contributed by atoms with Crippen LogP contribution in [0.4, 0.5) is 5.69 Å². The number of aromatic nitrogens is 1. The van der Waals surface area contributed by atoms with Gasteiger partial charge in [-0.3, -0.25) is 0 Å². The molecule has 0 aliphatic carbocycles. The van der Waals surface area contributed by atoms with Crippen LogP contribution in [0.15, 0.2) is 18.3 Å². The summed E-state index contributed by atoms with van der Waals surface area (Å²) in [7, 11) is 0. The van der Waals surface area contributed by atoms with Gasteiger partial charge in [-0.15, -0.1) is 0 Å². The van der Waals surface area contributed by atoms with Crippen molar-refractivity contribution in [2.75, 3.05) is 11.9 Å². The average Bonchev–Trinajstić information content (AvgIpc) is 2.03. The van der Waals surface area contributed by atoms with Gasteiger partial charge in [-0.05, 0) is 18.1 Å². The van der Waals surface area contributed by atoms with Gasteiger partial charge >= 0.3 is 0 Å². The largest absolute Gasteiger partial charge is 0.382 e. The van der Waals surface area contributed by atoms with Crippen LogP contribution in [0.2, 0.25) is 5.15 Å². The molecule has 0 spiro atoms. The number of nitrogens with one attached hydrogen (secondary N) is 1. The number of hydrogen-bond donors (Lipinski definition) is 1. The van der Waals surface area contributed by atoms with Gasteiger partial charge in [-0.1, -0.05) is 25.4 Å². The van der Waals surface area contributed by atoms with Crippen molar-refractivity contribution in [3.63, 3.8) is 0 Å². The monoisotopic (exact) mass is 184 g/mol. The van der Waals surface area contributed by atoms with Gasteiger partial charge in [0, 0.05) is 12.7 Å². The molecule has 2 nitrogen and oxygen atoms in total. The summed E-state index contributed by atoms with van der Waals surface area (Å²) in [5, 5.41) is 3.76. The Morgan fingerprint density at radius 2 is 2.33 bits per heavy atom. The molecule has 0 radical (unpaired) electrons. The minimum absolute atomic E-state index is 0.540. The average molecular weight is 185 g/mol. The molecule has 0 saturated carbocycles. The van der Waals surface area contributed by atoms with E-state index in [9.17, 15) is 0 Å². The summed E-state index contributed by atoms with van der Waals surface area (Å²) in [4.78, 5) is 3.96. The van der Waals surface area contributed by atoms with E-state index < -0.39 is 0 Å². The van der Waals surface area contributed by atoms with E-state index in [2.05, 4.69) is 24.1 Å². The molecule has 0 amide bonds. The Morgan fingerprint density at radius 1 is 1.58 bits per heavy atom. The standard InChI is InChI=1S/C9H13ClN2/c1-7(2)6-12-8-4-3-5-11-9(8)10/h3-5,7,12H,6H2,1-2H3. The normalized spacial score (nSPS) is 10.3. The third kappa shape index (κ3) is 2.70. The van der Waals surface area contributed by atoms with Crippen molar-refractivity contribution in [2.45, 2.75) is 13.8 Å². The van der Waals surface area contributed by atoms with E-state index in [1.54, 1.807) is 6.20 Å². The topological polar surface area (TPSA) is 24.9 Å². The number of rotatable bonds is 3. The van der Waals surface area contributed by atoms with Crippen LogP contribution in [0.1, 0.15) is 13.8 Å². The minimum Gasteiger partial charge on any atom is -0.382 e. The van der Waals surface area contributed by atoms with Gasteiger partial charge < -0.3 is 5.32 Å². The van der Waals surface area contributed by atoms with Gasteiger partial charge in [0.2, 0.25) is 0 Å². The summed E-state index contributed by atoms with van der Waals surface area (Å²) in [6.45, 7) is 5.22. The molecule has 1 heterocycles. The molecule has 0 bridgehead atoms. The highest BCUT2D eigenvalue weighted by Gasteiger charge is 1.99. The first-order chi connectivity index (χ1) is 5.70. The Labute approximate surface area is 78.0 Å². The van der Waals surface area contributed by atoms with E-state index in [0.29, 0.717) is 11.1 Å². The third-order valence-corrected chi connectivity index (χ3v) is 1.76. The molecule has 1 N–H and O–H groups in total. The van der Waals surface area contributed by atoms with E-state index >= 15 is 0 Å². The number of nitrogens with zero attached hydrogens (tertiary/aromatic N) is 1. The molecule has 1 rings (SSSR count). The van der Waals surface area contributed by atoms with Gasteiger partial charge in [0.25, 0.3) is 0 Å². The van der Waals surface area contributed by atoms with Crippen LogP contribution in [0, 0.1) is 5.92 Å². The maximum absolute atomic E-state index is 5.83. The molecule has 1 aromatic rings. The van der Waals surface area contributed by atoms with Crippen LogP contribution in [0.3, 0.4) is 0 Å². The van der Waals surface area contributed by atoms with Crippen molar-refractivity contribution >= 4 is 17.3 Å². The zero-order valence-electron chi connectivity index (χ0n) is 7.34. The summed E-state index contributed by atoms with van der Waals surface area (Å²) in [5.41, 5.74) is 0.910. The van der Waals surface area contributed by atoms with Crippen molar-refractivity contribution in [1.29, 1.82) is 0 Å². The first-order valence-corrected chi connectivity index (χ1v) is 4.42. The fourth-order valence-electron chi connectivity index (χ4n) is 0.832. The van der Waals surface area contributed by atoms with E-state index in [1.807, 2.05) is 12.1 Å². The van der Waals surface area contributed by atoms with Crippen LogP contribution in [0.5, 0.6) is 0 Å². The predicted molar refractivity (Wildman–Crippen MR) is 52.6 cm³/mol. The Hall–Kier alpha value is -0.760. The second kappa shape index (κ2) is 4.31. The Bertz CT molecular complexity index is 248. The van der Waals surface area contributed by atoms with Crippen LogP contribution in [-0.4, -0.2) is 11.5 Å². The first kappa shape index (κ1) is 9.33. The zero-order chi connectivity index (χ0) is 8.97. The highest BCUT2D eigenvalue weighted by Crippen LogP contribution is 2.17. The van der Waals surface area contributed by atoms with E-state index in [4.69, 9.17) is 11.6 Å². The molecule has 0 atom stereocenters. The quantitative estimate of drug-likeness (QED) is 0.731. The summed E-state index contributed by atoms with van der Waals surface area (Å²) in [5.74, 6) is 0.612. The van der Waals surface area contributed by atoms with Crippen molar-refractivity contribution in [3.8, 4) is 0 Å². The molecule has 0 aliphatic heterocycles. The summed E-state index contributed by atoms with van der Waals surface area (Å²) < 4.78 is 0. The highest BCUT2D eigenvalue weighted by atomic mass is 35.5. The lowest BCUT2D eigenvalue weighted by molar-refractivity contribution is 0.689. The van der Waals surface area contributed by atoms with Crippen molar-refractivity contribution in [3.05, 3.63) is 23.5 Å². The smallest absolute Gasteiger partial charge is 0.152 e. The Morgan fingerprint density at radius 3 is 2.92 bits per heavy atom. The fourth-order valence-corrected chi connectivity index (χ4v) is 1.02. The fraction of sp³-hybridized carbons (Fsp3) is 0.444. The van der Waals surface area contributed by atoms with Crippen LogP contribution < -0.4 is 5.32 Å².